The zero-order valence-electron chi connectivity index (χ0n) is 9.57. The highest BCUT2D eigenvalue weighted by atomic mass is 35.5. The average Bonchev–Trinajstić information content (AvgIpc) is 2.74. The van der Waals surface area contributed by atoms with E-state index in [1.807, 2.05) is 42.6 Å². The van der Waals surface area contributed by atoms with Crippen LogP contribution < -0.4 is 10.1 Å². The van der Waals surface area contributed by atoms with Gasteiger partial charge in [0.25, 0.3) is 0 Å². The summed E-state index contributed by atoms with van der Waals surface area (Å²) in [4.78, 5) is 1.22. The van der Waals surface area contributed by atoms with Crippen LogP contribution in [-0.2, 0) is 6.54 Å². The fraction of sp³-hybridized carbons (Fsp3) is 0.231. The predicted molar refractivity (Wildman–Crippen MR) is 74.3 cm³/mol. The summed E-state index contributed by atoms with van der Waals surface area (Å²) in [7, 11) is 0. The Morgan fingerprint density at radius 1 is 1.35 bits per heavy atom. The summed E-state index contributed by atoms with van der Waals surface area (Å²) in [6.45, 7) is 3.45. The smallest absolute Gasteiger partial charge is 0.121 e. The summed E-state index contributed by atoms with van der Waals surface area (Å²) in [6.07, 6.45) is 0. The molecule has 0 amide bonds. The standard InChI is InChI=1S/C13H14ClNOS/c1-2-16-12-5-3-4-11(7-12)15-8-13-6-10(14)9-17-13/h3-7,9,15H,2,8H2,1H3. The van der Waals surface area contributed by atoms with Crippen LogP contribution in [0.3, 0.4) is 0 Å². The van der Waals surface area contributed by atoms with Gasteiger partial charge in [0.15, 0.2) is 0 Å². The maximum absolute atomic E-state index is 5.87. The summed E-state index contributed by atoms with van der Waals surface area (Å²) in [6, 6.07) is 9.94. The maximum atomic E-state index is 5.87. The molecule has 0 saturated heterocycles. The van der Waals surface area contributed by atoms with E-state index < -0.39 is 0 Å². The number of anilines is 1. The molecule has 0 spiro atoms. The van der Waals surface area contributed by atoms with Gasteiger partial charge in [0, 0.05) is 28.6 Å². The fourth-order valence-corrected chi connectivity index (χ4v) is 2.51. The minimum Gasteiger partial charge on any atom is -0.494 e. The van der Waals surface area contributed by atoms with Crippen molar-refractivity contribution in [2.24, 2.45) is 0 Å². The Balaban J connectivity index is 1.96. The molecule has 4 heteroatoms. The van der Waals surface area contributed by atoms with Crippen LogP contribution in [0.5, 0.6) is 5.75 Å². The SMILES string of the molecule is CCOc1cccc(NCc2cc(Cl)cs2)c1. The van der Waals surface area contributed by atoms with Gasteiger partial charge < -0.3 is 10.1 Å². The Kier molecular flexibility index (Phi) is 4.29. The van der Waals surface area contributed by atoms with Gasteiger partial charge in [0.2, 0.25) is 0 Å². The Morgan fingerprint density at radius 2 is 2.24 bits per heavy atom. The highest BCUT2D eigenvalue weighted by Gasteiger charge is 1.99. The van der Waals surface area contributed by atoms with E-state index in [0.717, 1.165) is 23.0 Å². The molecule has 1 N–H and O–H groups in total. The Hall–Kier alpha value is -1.19. The van der Waals surface area contributed by atoms with Gasteiger partial charge in [-0.15, -0.1) is 11.3 Å². The first kappa shape index (κ1) is 12.3. The summed E-state index contributed by atoms with van der Waals surface area (Å²) < 4.78 is 5.44. The van der Waals surface area contributed by atoms with Crippen LogP contribution in [-0.4, -0.2) is 6.61 Å². The lowest BCUT2D eigenvalue weighted by molar-refractivity contribution is 0.340. The Labute approximate surface area is 110 Å². The second-order valence-electron chi connectivity index (χ2n) is 3.55. The van der Waals surface area contributed by atoms with Gasteiger partial charge in [-0.2, -0.15) is 0 Å². The van der Waals surface area contributed by atoms with E-state index in [-0.39, 0.29) is 0 Å². The monoisotopic (exact) mass is 267 g/mol. The first-order valence-corrected chi connectivity index (χ1v) is 6.73. The predicted octanol–water partition coefficient (Wildman–Crippen LogP) is 4.41. The van der Waals surface area contributed by atoms with Crippen LogP contribution in [0.15, 0.2) is 35.7 Å². The molecule has 0 atom stereocenters. The van der Waals surface area contributed by atoms with E-state index in [0.29, 0.717) is 6.61 Å². The molecule has 0 aliphatic rings. The zero-order chi connectivity index (χ0) is 12.1. The molecular formula is C13H14ClNOS. The maximum Gasteiger partial charge on any atom is 0.121 e. The second-order valence-corrected chi connectivity index (χ2v) is 4.98. The summed E-state index contributed by atoms with van der Waals surface area (Å²) in [5.74, 6) is 0.890. The van der Waals surface area contributed by atoms with Crippen molar-refractivity contribution >= 4 is 28.6 Å². The van der Waals surface area contributed by atoms with Crippen LogP contribution >= 0.6 is 22.9 Å². The lowest BCUT2D eigenvalue weighted by Gasteiger charge is -2.07. The third-order valence-corrected chi connectivity index (χ3v) is 3.52. The molecule has 2 aromatic rings. The number of ether oxygens (including phenoxy) is 1. The molecule has 2 rings (SSSR count). The van der Waals surface area contributed by atoms with E-state index >= 15 is 0 Å². The van der Waals surface area contributed by atoms with Crippen molar-refractivity contribution in [2.45, 2.75) is 13.5 Å². The van der Waals surface area contributed by atoms with Gasteiger partial charge in [-0.1, -0.05) is 17.7 Å². The number of hydrogen-bond donors (Lipinski definition) is 1. The summed E-state index contributed by atoms with van der Waals surface area (Å²) in [5.41, 5.74) is 1.06. The van der Waals surface area contributed by atoms with Crippen LogP contribution in [0.4, 0.5) is 5.69 Å². The van der Waals surface area contributed by atoms with Crippen molar-refractivity contribution in [1.29, 1.82) is 0 Å². The zero-order valence-corrected chi connectivity index (χ0v) is 11.1. The van der Waals surface area contributed by atoms with E-state index in [9.17, 15) is 0 Å². The third-order valence-electron chi connectivity index (χ3n) is 2.23. The van der Waals surface area contributed by atoms with E-state index in [4.69, 9.17) is 16.3 Å². The molecular weight excluding hydrogens is 254 g/mol. The minimum atomic E-state index is 0.685. The average molecular weight is 268 g/mol. The number of hydrogen-bond acceptors (Lipinski definition) is 3. The van der Waals surface area contributed by atoms with Crippen molar-refractivity contribution in [3.05, 3.63) is 45.6 Å². The van der Waals surface area contributed by atoms with Crippen molar-refractivity contribution in [3.8, 4) is 5.75 Å². The quantitative estimate of drug-likeness (QED) is 0.866. The normalized spacial score (nSPS) is 10.2. The number of halogens is 1. The molecule has 17 heavy (non-hydrogen) atoms. The van der Waals surface area contributed by atoms with E-state index in [1.165, 1.54) is 4.88 Å². The summed E-state index contributed by atoms with van der Waals surface area (Å²) in [5, 5.41) is 6.09. The molecule has 0 aliphatic heterocycles. The number of nitrogens with one attached hydrogen (secondary N) is 1. The lowest BCUT2D eigenvalue weighted by Crippen LogP contribution is -1.98. The van der Waals surface area contributed by atoms with Crippen LogP contribution in [0.2, 0.25) is 5.02 Å². The Bertz CT molecular complexity index is 484. The van der Waals surface area contributed by atoms with Gasteiger partial charge >= 0.3 is 0 Å². The van der Waals surface area contributed by atoms with E-state index in [1.54, 1.807) is 11.3 Å². The largest absolute Gasteiger partial charge is 0.494 e. The number of thiophene rings is 1. The number of rotatable bonds is 5. The van der Waals surface area contributed by atoms with Crippen molar-refractivity contribution < 1.29 is 4.74 Å². The van der Waals surface area contributed by atoms with Gasteiger partial charge in [0.1, 0.15) is 5.75 Å². The fourth-order valence-electron chi connectivity index (χ4n) is 1.50. The molecule has 0 saturated carbocycles. The van der Waals surface area contributed by atoms with Gasteiger partial charge in [-0.25, -0.2) is 0 Å². The first-order valence-electron chi connectivity index (χ1n) is 5.47. The molecule has 0 bridgehead atoms. The third kappa shape index (κ3) is 3.65. The van der Waals surface area contributed by atoms with Gasteiger partial charge in [-0.05, 0) is 25.1 Å². The molecule has 0 radical (unpaired) electrons. The van der Waals surface area contributed by atoms with Crippen molar-refractivity contribution in [1.82, 2.24) is 0 Å². The molecule has 1 aromatic heterocycles. The van der Waals surface area contributed by atoms with Gasteiger partial charge in [0.05, 0.1) is 11.6 Å². The molecule has 90 valence electrons. The molecule has 0 fully saturated rings. The highest BCUT2D eigenvalue weighted by molar-refractivity contribution is 7.10. The lowest BCUT2D eigenvalue weighted by atomic mass is 10.3. The molecule has 1 aromatic carbocycles. The van der Waals surface area contributed by atoms with Crippen molar-refractivity contribution in [3.63, 3.8) is 0 Å². The molecule has 2 nitrogen and oxygen atoms in total. The van der Waals surface area contributed by atoms with Gasteiger partial charge in [-0.3, -0.25) is 0 Å². The molecule has 0 unspecified atom stereocenters. The minimum absolute atomic E-state index is 0.685. The van der Waals surface area contributed by atoms with Crippen molar-refractivity contribution in [2.75, 3.05) is 11.9 Å². The summed E-state index contributed by atoms with van der Waals surface area (Å²) >= 11 is 7.53. The molecule has 1 heterocycles. The second kappa shape index (κ2) is 5.94. The molecule has 0 aliphatic carbocycles. The Morgan fingerprint density at radius 3 is 2.94 bits per heavy atom. The van der Waals surface area contributed by atoms with Crippen LogP contribution in [0.1, 0.15) is 11.8 Å². The van der Waals surface area contributed by atoms with Crippen LogP contribution in [0.25, 0.3) is 0 Å². The topological polar surface area (TPSA) is 21.3 Å². The number of benzene rings is 1. The van der Waals surface area contributed by atoms with Crippen LogP contribution in [0, 0.1) is 0 Å². The van der Waals surface area contributed by atoms with E-state index in [2.05, 4.69) is 5.32 Å². The first-order chi connectivity index (χ1) is 8.28. The highest BCUT2D eigenvalue weighted by Crippen LogP contribution is 2.22.